The number of benzene rings is 3. The summed E-state index contributed by atoms with van der Waals surface area (Å²) in [7, 11) is 1.66. The van der Waals surface area contributed by atoms with Crippen LogP contribution in [0.3, 0.4) is 0 Å². The number of amides is 1. The van der Waals surface area contributed by atoms with Crippen LogP contribution < -0.4 is 19.9 Å². The second-order valence-electron chi connectivity index (χ2n) is 8.45. The van der Waals surface area contributed by atoms with Gasteiger partial charge < -0.3 is 15.0 Å². The van der Waals surface area contributed by atoms with Crippen LogP contribution in [0, 0.1) is 0 Å². The molecule has 0 unspecified atom stereocenters. The molecule has 2 heterocycles. The van der Waals surface area contributed by atoms with Crippen molar-refractivity contribution in [2.45, 2.75) is 25.0 Å². The number of nitrogens with one attached hydrogen (secondary N) is 2. The van der Waals surface area contributed by atoms with E-state index in [2.05, 4.69) is 35.6 Å². The summed E-state index contributed by atoms with van der Waals surface area (Å²) in [4.78, 5) is 17.2. The van der Waals surface area contributed by atoms with Crippen LogP contribution in [0.2, 0.25) is 0 Å². The second-order valence-corrected chi connectivity index (χ2v) is 8.45. The lowest BCUT2D eigenvalue weighted by molar-refractivity contribution is -0.919. The molecule has 1 fully saturated rings. The van der Waals surface area contributed by atoms with E-state index >= 15 is 0 Å². The van der Waals surface area contributed by atoms with Gasteiger partial charge in [-0.3, -0.25) is 9.69 Å². The molecular formula is C26H28N3O2+. The molecule has 3 aromatic carbocycles. The molecule has 0 atom stereocenters. The van der Waals surface area contributed by atoms with Crippen molar-refractivity contribution in [1.82, 2.24) is 0 Å². The number of hydrogen-bond donors (Lipinski definition) is 2. The molecule has 2 aliphatic rings. The Morgan fingerprint density at radius 2 is 1.61 bits per heavy atom. The molecule has 2 N–H and O–H groups in total. The molecule has 0 saturated carbocycles. The van der Waals surface area contributed by atoms with E-state index in [0.29, 0.717) is 0 Å². The number of anilines is 2. The van der Waals surface area contributed by atoms with E-state index < -0.39 is 5.66 Å². The molecule has 0 aliphatic carbocycles. The fourth-order valence-corrected chi connectivity index (χ4v) is 4.92. The number of nitrogens with zero attached hydrogens (tertiary/aromatic N) is 1. The highest BCUT2D eigenvalue weighted by molar-refractivity contribution is 6.12. The van der Waals surface area contributed by atoms with Crippen LogP contribution >= 0.6 is 0 Å². The van der Waals surface area contributed by atoms with Gasteiger partial charge in [0.25, 0.3) is 5.91 Å². The minimum atomic E-state index is -0.416. The van der Waals surface area contributed by atoms with Gasteiger partial charge in [-0.1, -0.05) is 42.5 Å². The Balaban J connectivity index is 1.45. The Morgan fingerprint density at radius 1 is 0.935 bits per heavy atom. The maximum Gasteiger partial charge on any atom is 0.262 e. The molecule has 1 spiro atoms. The monoisotopic (exact) mass is 414 g/mol. The summed E-state index contributed by atoms with van der Waals surface area (Å²) >= 11 is 0. The van der Waals surface area contributed by atoms with E-state index in [1.165, 1.54) is 5.56 Å². The first-order valence-corrected chi connectivity index (χ1v) is 10.9. The summed E-state index contributed by atoms with van der Waals surface area (Å²) < 4.78 is 5.32. The lowest BCUT2D eigenvalue weighted by Gasteiger charge is -2.51. The van der Waals surface area contributed by atoms with Crippen molar-refractivity contribution in [3.63, 3.8) is 0 Å². The largest absolute Gasteiger partial charge is 0.497 e. The van der Waals surface area contributed by atoms with Crippen LogP contribution in [0.5, 0.6) is 5.75 Å². The molecule has 31 heavy (non-hydrogen) atoms. The van der Waals surface area contributed by atoms with Gasteiger partial charge in [0.15, 0.2) is 0 Å². The molecule has 2 aliphatic heterocycles. The van der Waals surface area contributed by atoms with Gasteiger partial charge in [-0.05, 0) is 36.4 Å². The first-order chi connectivity index (χ1) is 15.2. The minimum Gasteiger partial charge on any atom is -0.497 e. The van der Waals surface area contributed by atoms with Crippen LogP contribution in [0.4, 0.5) is 11.4 Å². The van der Waals surface area contributed by atoms with Gasteiger partial charge in [0.2, 0.25) is 0 Å². The molecular weight excluding hydrogens is 386 g/mol. The molecule has 158 valence electrons. The van der Waals surface area contributed by atoms with E-state index in [1.807, 2.05) is 53.4 Å². The molecule has 0 bridgehead atoms. The molecule has 5 nitrogen and oxygen atoms in total. The van der Waals surface area contributed by atoms with E-state index in [-0.39, 0.29) is 5.91 Å². The van der Waals surface area contributed by atoms with Gasteiger partial charge in [-0.15, -0.1) is 0 Å². The fourth-order valence-electron chi connectivity index (χ4n) is 4.92. The van der Waals surface area contributed by atoms with Crippen molar-refractivity contribution in [3.05, 3.63) is 90.0 Å². The van der Waals surface area contributed by atoms with Gasteiger partial charge >= 0.3 is 0 Å². The predicted molar refractivity (Wildman–Crippen MR) is 123 cm³/mol. The third-order valence-electron chi connectivity index (χ3n) is 6.57. The molecule has 5 rings (SSSR count). The first-order valence-electron chi connectivity index (χ1n) is 10.9. The standard InChI is InChI=1S/C26H27N3O2/c1-31-22-13-11-21(12-14-22)29-25(30)23-9-5-6-10-24(23)27-26(29)15-17-28(18-16-26)19-20-7-3-2-4-8-20/h2-14,27H,15-19H2,1H3/p+1. The summed E-state index contributed by atoms with van der Waals surface area (Å²) in [5.41, 5.74) is 3.50. The van der Waals surface area contributed by atoms with Gasteiger partial charge in [0.1, 0.15) is 18.0 Å². The summed E-state index contributed by atoms with van der Waals surface area (Å²) in [6.45, 7) is 3.03. The minimum absolute atomic E-state index is 0.0611. The Hall–Kier alpha value is -3.31. The number of fused-ring (bicyclic) bond motifs is 1. The Bertz CT molecular complexity index is 1060. The molecule has 1 saturated heterocycles. The van der Waals surface area contributed by atoms with Gasteiger partial charge in [-0.2, -0.15) is 0 Å². The van der Waals surface area contributed by atoms with E-state index in [0.717, 1.165) is 55.2 Å². The number of likely N-dealkylation sites (tertiary alicyclic amines) is 1. The SMILES string of the molecule is COc1ccc(N2C(=O)c3ccccc3NC23CC[NH+](Cc2ccccc2)CC3)cc1. The maximum atomic E-state index is 13.7. The van der Waals surface area contributed by atoms with Crippen molar-refractivity contribution < 1.29 is 14.4 Å². The summed E-state index contributed by atoms with van der Waals surface area (Å²) in [6, 6.07) is 26.3. The van der Waals surface area contributed by atoms with Gasteiger partial charge in [0, 0.05) is 29.8 Å². The van der Waals surface area contributed by atoms with Crippen molar-refractivity contribution in [3.8, 4) is 5.75 Å². The lowest BCUT2D eigenvalue weighted by atomic mass is 9.89. The number of methoxy groups -OCH3 is 1. The number of quaternary nitrogens is 1. The van der Waals surface area contributed by atoms with Crippen LogP contribution in [-0.4, -0.2) is 31.8 Å². The molecule has 5 heteroatoms. The fraction of sp³-hybridized carbons (Fsp3) is 0.269. The normalized spacial score (nSPS) is 22.7. The highest BCUT2D eigenvalue weighted by Crippen LogP contribution is 2.39. The molecule has 0 aromatic heterocycles. The maximum absolute atomic E-state index is 13.7. The number of ether oxygens (including phenoxy) is 1. The number of carbonyl (C=O) groups is 1. The van der Waals surface area contributed by atoms with Crippen LogP contribution in [0.15, 0.2) is 78.9 Å². The highest BCUT2D eigenvalue weighted by atomic mass is 16.5. The van der Waals surface area contributed by atoms with Gasteiger partial charge in [-0.25, -0.2) is 0 Å². The molecule has 1 amide bonds. The molecule has 3 aromatic rings. The number of carbonyl (C=O) groups excluding carboxylic acids is 1. The first kappa shape index (κ1) is 19.6. The summed E-state index contributed by atoms with van der Waals surface area (Å²) in [6.07, 6.45) is 1.78. The third-order valence-corrected chi connectivity index (χ3v) is 6.57. The van der Waals surface area contributed by atoms with Crippen LogP contribution in [-0.2, 0) is 6.54 Å². The van der Waals surface area contributed by atoms with Crippen molar-refractivity contribution >= 4 is 17.3 Å². The van der Waals surface area contributed by atoms with Crippen molar-refractivity contribution in [2.24, 2.45) is 0 Å². The Labute approximate surface area is 183 Å². The van der Waals surface area contributed by atoms with Gasteiger partial charge in [0.05, 0.1) is 25.8 Å². The third kappa shape index (κ3) is 3.66. The zero-order chi connectivity index (χ0) is 21.3. The van der Waals surface area contributed by atoms with Crippen molar-refractivity contribution in [1.29, 1.82) is 0 Å². The van der Waals surface area contributed by atoms with Crippen LogP contribution in [0.1, 0.15) is 28.8 Å². The van der Waals surface area contributed by atoms with E-state index in [9.17, 15) is 4.79 Å². The summed E-state index contributed by atoms with van der Waals surface area (Å²) in [5.74, 6) is 0.851. The van der Waals surface area contributed by atoms with E-state index in [4.69, 9.17) is 4.74 Å². The predicted octanol–water partition coefficient (Wildman–Crippen LogP) is 3.34. The Morgan fingerprint density at radius 3 is 2.32 bits per heavy atom. The summed E-state index contributed by atoms with van der Waals surface area (Å²) in [5, 5.41) is 3.76. The number of rotatable bonds is 4. The quantitative estimate of drug-likeness (QED) is 0.688. The zero-order valence-electron chi connectivity index (χ0n) is 17.8. The second kappa shape index (κ2) is 8.08. The number of hydrogen-bond acceptors (Lipinski definition) is 3. The Kier molecular flexibility index (Phi) is 5.12. The van der Waals surface area contributed by atoms with E-state index in [1.54, 1.807) is 12.0 Å². The highest BCUT2D eigenvalue weighted by Gasteiger charge is 2.48. The zero-order valence-corrected chi connectivity index (χ0v) is 17.8. The number of piperidine rings is 1. The van der Waals surface area contributed by atoms with Crippen molar-refractivity contribution in [2.75, 3.05) is 30.4 Å². The molecule has 0 radical (unpaired) electrons. The number of para-hydroxylation sites is 1. The average molecular weight is 415 g/mol. The topological polar surface area (TPSA) is 46.0 Å². The van der Waals surface area contributed by atoms with Crippen LogP contribution in [0.25, 0.3) is 0 Å². The smallest absolute Gasteiger partial charge is 0.262 e. The lowest BCUT2D eigenvalue weighted by Crippen LogP contribution is -3.12. The average Bonchev–Trinajstić information content (AvgIpc) is 2.82.